The molecule has 2 fully saturated rings. The fourth-order valence-corrected chi connectivity index (χ4v) is 2.38. The normalized spacial score (nSPS) is 28.7. The molecule has 0 aromatic heterocycles. The summed E-state index contributed by atoms with van der Waals surface area (Å²) in [6.07, 6.45) is 4.99. The molecule has 2 aliphatic rings. The molecule has 1 spiro atoms. The lowest BCUT2D eigenvalue weighted by molar-refractivity contribution is -0.0784. The van der Waals surface area contributed by atoms with Crippen molar-refractivity contribution in [2.75, 3.05) is 13.1 Å². The second-order valence-corrected chi connectivity index (χ2v) is 4.47. The molecule has 1 saturated carbocycles. The van der Waals surface area contributed by atoms with Crippen LogP contribution in [0.4, 0.5) is 0 Å². The van der Waals surface area contributed by atoms with Crippen molar-refractivity contribution in [1.82, 2.24) is 4.90 Å². The fraction of sp³-hybridized carbons (Fsp3) is 0.900. The Morgan fingerprint density at radius 3 is 2.58 bits per heavy atom. The zero-order valence-electron chi connectivity index (χ0n) is 7.71. The molecule has 1 aliphatic heterocycles. The second-order valence-electron chi connectivity index (χ2n) is 4.47. The van der Waals surface area contributed by atoms with Crippen molar-refractivity contribution in [3.63, 3.8) is 0 Å². The highest BCUT2D eigenvalue weighted by Gasteiger charge is 2.48. The van der Waals surface area contributed by atoms with Crippen LogP contribution in [0.2, 0.25) is 0 Å². The van der Waals surface area contributed by atoms with E-state index in [2.05, 4.69) is 17.9 Å². The summed E-state index contributed by atoms with van der Waals surface area (Å²) in [5.41, 5.74) is 0.712. The minimum Gasteiger partial charge on any atom is -0.298 e. The van der Waals surface area contributed by atoms with Crippen LogP contribution in [0.1, 0.15) is 32.6 Å². The average Bonchev–Trinajstić information content (AvgIpc) is 1.81. The molecule has 0 aromatic rings. The Balaban J connectivity index is 1.77. The van der Waals surface area contributed by atoms with Crippen molar-refractivity contribution < 1.29 is 0 Å². The summed E-state index contributed by atoms with van der Waals surface area (Å²) in [7, 11) is 0. The van der Waals surface area contributed by atoms with E-state index >= 15 is 0 Å². The number of hydrogen-bond donors (Lipinski definition) is 0. The first-order valence-corrected chi connectivity index (χ1v) is 4.87. The predicted octanol–water partition coefficient (Wildman–Crippen LogP) is 1.77. The minimum atomic E-state index is 0.487. The van der Waals surface area contributed by atoms with Crippen molar-refractivity contribution >= 4 is 0 Å². The van der Waals surface area contributed by atoms with Gasteiger partial charge in [-0.05, 0) is 25.2 Å². The van der Waals surface area contributed by atoms with Crippen molar-refractivity contribution in [2.24, 2.45) is 5.41 Å². The van der Waals surface area contributed by atoms with Crippen LogP contribution in [-0.4, -0.2) is 24.0 Å². The molecule has 0 aromatic carbocycles. The SMILES string of the molecule is CC(CC#N)N1CC2(CCC2)C1. The van der Waals surface area contributed by atoms with E-state index < -0.39 is 0 Å². The van der Waals surface area contributed by atoms with Crippen LogP contribution >= 0.6 is 0 Å². The molecule has 0 amide bonds. The van der Waals surface area contributed by atoms with Crippen molar-refractivity contribution in [3.05, 3.63) is 0 Å². The zero-order chi connectivity index (χ0) is 8.60. The molecule has 66 valence electrons. The quantitative estimate of drug-likeness (QED) is 0.622. The Labute approximate surface area is 74.2 Å². The first-order chi connectivity index (χ1) is 5.76. The van der Waals surface area contributed by atoms with E-state index in [9.17, 15) is 0 Å². The smallest absolute Gasteiger partial charge is 0.0638 e. The largest absolute Gasteiger partial charge is 0.298 e. The Bertz CT molecular complexity index is 204. The van der Waals surface area contributed by atoms with Gasteiger partial charge in [-0.15, -0.1) is 0 Å². The van der Waals surface area contributed by atoms with Gasteiger partial charge < -0.3 is 0 Å². The highest BCUT2D eigenvalue weighted by atomic mass is 15.2. The van der Waals surface area contributed by atoms with Gasteiger partial charge in [0.2, 0.25) is 0 Å². The van der Waals surface area contributed by atoms with Crippen molar-refractivity contribution in [3.8, 4) is 6.07 Å². The summed E-state index contributed by atoms with van der Waals surface area (Å²) in [5, 5.41) is 8.53. The Kier molecular flexibility index (Phi) is 1.84. The first kappa shape index (κ1) is 8.07. The molecular weight excluding hydrogens is 148 g/mol. The molecule has 2 nitrogen and oxygen atoms in total. The number of nitriles is 1. The van der Waals surface area contributed by atoms with Gasteiger partial charge in [0.05, 0.1) is 12.5 Å². The van der Waals surface area contributed by atoms with Crippen LogP contribution in [0.25, 0.3) is 0 Å². The molecule has 2 rings (SSSR count). The third-order valence-electron chi connectivity index (χ3n) is 3.50. The Morgan fingerprint density at radius 2 is 2.17 bits per heavy atom. The Morgan fingerprint density at radius 1 is 1.50 bits per heavy atom. The molecule has 1 unspecified atom stereocenters. The Hall–Kier alpha value is -0.550. The topological polar surface area (TPSA) is 27.0 Å². The van der Waals surface area contributed by atoms with Gasteiger partial charge in [-0.2, -0.15) is 5.26 Å². The van der Waals surface area contributed by atoms with Crippen LogP contribution in [0.15, 0.2) is 0 Å². The zero-order valence-corrected chi connectivity index (χ0v) is 7.71. The fourth-order valence-electron chi connectivity index (χ4n) is 2.38. The van der Waals surface area contributed by atoms with Crippen LogP contribution in [0, 0.1) is 16.7 Å². The third-order valence-corrected chi connectivity index (χ3v) is 3.50. The van der Waals surface area contributed by atoms with Gasteiger partial charge in [0, 0.05) is 19.1 Å². The maximum Gasteiger partial charge on any atom is 0.0638 e. The summed E-state index contributed by atoms with van der Waals surface area (Å²) in [4.78, 5) is 2.45. The van der Waals surface area contributed by atoms with Gasteiger partial charge in [-0.3, -0.25) is 4.90 Å². The number of nitrogens with zero attached hydrogens (tertiary/aromatic N) is 2. The lowest BCUT2D eigenvalue weighted by Gasteiger charge is -2.57. The van der Waals surface area contributed by atoms with Crippen LogP contribution < -0.4 is 0 Å². The summed E-state index contributed by atoms with van der Waals surface area (Å²) < 4.78 is 0. The lowest BCUT2D eigenvalue weighted by atomic mass is 9.63. The molecule has 1 atom stereocenters. The predicted molar refractivity (Wildman–Crippen MR) is 47.5 cm³/mol. The van der Waals surface area contributed by atoms with E-state index in [-0.39, 0.29) is 0 Å². The van der Waals surface area contributed by atoms with Crippen molar-refractivity contribution in [2.45, 2.75) is 38.6 Å². The molecule has 0 radical (unpaired) electrons. The average molecular weight is 164 g/mol. The van der Waals surface area contributed by atoms with Gasteiger partial charge in [0.15, 0.2) is 0 Å². The molecule has 1 heterocycles. The third kappa shape index (κ3) is 1.13. The molecule has 2 heteroatoms. The number of likely N-dealkylation sites (tertiary alicyclic amines) is 1. The van der Waals surface area contributed by atoms with E-state index in [1.54, 1.807) is 0 Å². The summed E-state index contributed by atoms with van der Waals surface area (Å²) in [6.45, 7) is 4.68. The maximum atomic E-state index is 8.53. The monoisotopic (exact) mass is 164 g/mol. The molecule has 0 N–H and O–H groups in total. The first-order valence-electron chi connectivity index (χ1n) is 4.87. The minimum absolute atomic E-state index is 0.487. The van der Waals surface area contributed by atoms with Crippen LogP contribution in [0.3, 0.4) is 0 Å². The highest BCUT2D eigenvalue weighted by Crippen LogP contribution is 2.48. The standard InChI is InChI=1S/C10H16N2/c1-9(3-6-11)12-7-10(8-12)4-2-5-10/h9H,2-5,7-8H2,1H3. The molecule has 0 bridgehead atoms. The number of rotatable bonds is 2. The van der Waals surface area contributed by atoms with Gasteiger partial charge in [0.25, 0.3) is 0 Å². The summed E-state index contributed by atoms with van der Waals surface area (Å²) in [6, 6.07) is 2.73. The lowest BCUT2D eigenvalue weighted by Crippen LogP contribution is -2.61. The molecular formula is C10H16N2. The van der Waals surface area contributed by atoms with Gasteiger partial charge in [-0.25, -0.2) is 0 Å². The highest BCUT2D eigenvalue weighted by molar-refractivity contribution is 5.02. The van der Waals surface area contributed by atoms with Gasteiger partial charge in [0.1, 0.15) is 0 Å². The van der Waals surface area contributed by atoms with E-state index in [0.29, 0.717) is 17.9 Å². The molecule has 12 heavy (non-hydrogen) atoms. The van der Waals surface area contributed by atoms with E-state index in [4.69, 9.17) is 5.26 Å². The van der Waals surface area contributed by atoms with E-state index in [1.807, 2.05) is 0 Å². The van der Waals surface area contributed by atoms with Crippen LogP contribution in [-0.2, 0) is 0 Å². The van der Waals surface area contributed by atoms with Crippen LogP contribution in [0.5, 0.6) is 0 Å². The number of hydrogen-bond acceptors (Lipinski definition) is 2. The van der Waals surface area contributed by atoms with E-state index in [1.165, 1.54) is 32.4 Å². The van der Waals surface area contributed by atoms with Crippen molar-refractivity contribution in [1.29, 1.82) is 5.26 Å². The van der Waals surface area contributed by atoms with Gasteiger partial charge in [-0.1, -0.05) is 6.42 Å². The second kappa shape index (κ2) is 2.74. The van der Waals surface area contributed by atoms with E-state index in [0.717, 1.165) is 0 Å². The van der Waals surface area contributed by atoms with Gasteiger partial charge >= 0.3 is 0 Å². The summed E-state index contributed by atoms with van der Waals surface area (Å²) in [5.74, 6) is 0. The molecule has 1 saturated heterocycles. The summed E-state index contributed by atoms with van der Waals surface area (Å²) >= 11 is 0. The molecule has 1 aliphatic carbocycles. The maximum absolute atomic E-state index is 8.53.